The summed E-state index contributed by atoms with van der Waals surface area (Å²) in [5.74, 6) is 0.545. The lowest BCUT2D eigenvalue weighted by molar-refractivity contribution is 0.0501. The molecule has 1 fully saturated rings. The predicted octanol–water partition coefficient (Wildman–Crippen LogP) is 1.78. The molecular formula is C25H31N3O4. The van der Waals surface area contributed by atoms with Crippen molar-refractivity contribution >= 4 is 11.6 Å². The van der Waals surface area contributed by atoms with E-state index >= 15 is 0 Å². The van der Waals surface area contributed by atoms with E-state index in [1.54, 1.807) is 12.0 Å². The highest BCUT2D eigenvalue weighted by molar-refractivity contribution is 5.97. The summed E-state index contributed by atoms with van der Waals surface area (Å²) in [4.78, 5) is 19.4. The second-order valence-electron chi connectivity index (χ2n) is 8.95. The van der Waals surface area contributed by atoms with Crippen molar-refractivity contribution in [3.05, 3.63) is 59.2 Å². The van der Waals surface area contributed by atoms with Gasteiger partial charge >= 0.3 is 0 Å². The van der Waals surface area contributed by atoms with Crippen LogP contribution in [-0.4, -0.2) is 86.0 Å². The molecule has 0 radical (unpaired) electrons. The number of ether oxygens (including phenoxy) is 2. The number of anilines is 1. The standard InChI is InChI=1S/C25H31N3O4/c1-31-22-16-28(17-22)20-6-7-23-24(12-20)32-11-10-27(25(23)30)15-21(29)14-26-9-8-18-4-2-3-5-19(18)13-26/h2-7,12,21-22,29H,8-11,13-17H2,1H3/t21-/m1/s1. The van der Waals surface area contributed by atoms with Crippen molar-refractivity contribution in [2.75, 3.05) is 57.9 Å². The summed E-state index contributed by atoms with van der Waals surface area (Å²) in [6.45, 7) is 5.23. The molecule has 3 heterocycles. The van der Waals surface area contributed by atoms with E-state index < -0.39 is 6.10 Å². The molecule has 3 aliphatic heterocycles. The van der Waals surface area contributed by atoms with E-state index in [1.807, 2.05) is 18.2 Å². The molecule has 1 N–H and O–H groups in total. The van der Waals surface area contributed by atoms with Gasteiger partial charge < -0.3 is 24.4 Å². The Morgan fingerprint density at radius 1 is 1.12 bits per heavy atom. The first-order valence-corrected chi connectivity index (χ1v) is 11.4. The maximum absolute atomic E-state index is 13.2. The normalized spacial score (nSPS) is 20.1. The number of amides is 1. The van der Waals surface area contributed by atoms with Crippen LogP contribution in [0, 0.1) is 0 Å². The van der Waals surface area contributed by atoms with Crippen molar-refractivity contribution in [1.82, 2.24) is 9.80 Å². The average molecular weight is 438 g/mol. The van der Waals surface area contributed by atoms with Gasteiger partial charge in [-0.3, -0.25) is 9.69 Å². The van der Waals surface area contributed by atoms with Gasteiger partial charge in [-0.2, -0.15) is 0 Å². The van der Waals surface area contributed by atoms with Crippen molar-refractivity contribution < 1.29 is 19.4 Å². The van der Waals surface area contributed by atoms with Gasteiger partial charge in [-0.15, -0.1) is 0 Å². The van der Waals surface area contributed by atoms with Gasteiger partial charge in [0.25, 0.3) is 5.91 Å². The minimum Gasteiger partial charge on any atom is -0.491 e. The highest BCUT2D eigenvalue weighted by Crippen LogP contribution is 2.31. The van der Waals surface area contributed by atoms with Crippen molar-refractivity contribution in [2.24, 2.45) is 0 Å². The van der Waals surface area contributed by atoms with Gasteiger partial charge in [-0.1, -0.05) is 24.3 Å². The first kappa shape index (κ1) is 21.2. The molecule has 3 aliphatic rings. The van der Waals surface area contributed by atoms with E-state index in [2.05, 4.69) is 34.1 Å². The van der Waals surface area contributed by atoms with Crippen LogP contribution in [0.15, 0.2) is 42.5 Å². The molecule has 7 nitrogen and oxygen atoms in total. The van der Waals surface area contributed by atoms with Crippen LogP contribution < -0.4 is 9.64 Å². The number of methoxy groups -OCH3 is 1. The van der Waals surface area contributed by atoms with E-state index in [-0.39, 0.29) is 12.0 Å². The lowest BCUT2D eigenvalue weighted by Gasteiger charge is -2.40. The van der Waals surface area contributed by atoms with Gasteiger partial charge in [0, 0.05) is 58.1 Å². The van der Waals surface area contributed by atoms with Crippen molar-refractivity contribution in [3.8, 4) is 5.75 Å². The highest BCUT2D eigenvalue weighted by atomic mass is 16.5. The van der Waals surface area contributed by atoms with Crippen LogP contribution in [0.4, 0.5) is 5.69 Å². The number of aliphatic hydroxyl groups is 1. The molecule has 0 spiro atoms. The molecule has 7 heteroatoms. The molecule has 2 aromatic rings. The third kappa shape index (κ3) is 4.33. The van der Waals surface area contributed by atoms with Crippen LogP contribution in [0.25, 0.3) is 0 Å². The van der Waals surface area contributed by atoms with E-state index in [1.165, 1.54) is 11.1 Å². The maximum atomic E-state index is 13.2. The smallest absolute Gasteiger partial charge is 0.257 e. The second kappa shape index (κ2) is 9.10. The Hall–Kier alpha value is -2.61. The van der Waals surface area contributed by atoms with Gasteiger partial charge in [-0.05, 0) is 29.7 Å². The van der Waals surface area contributed by atoms with Crippen molar-refractivity contribution in [2.45, 2.75) is 25.2 Å². The van der Waals surface area contributed by atoms with Crippen LogP contribution in [0.1, 0.15) is 21.5 Å². The molecule has 170 valence electrons. The summed E-state index contributed by atoms with van der Waals surface area (Å²) >= 11 is 0. The van der Waals surface area contributed by atoms with Crippen LogP contribution in [0.2, 0.25) is 0 Å². The number of carbonyl (C=O) groups excluding carboxylic acids is 1. The molecule has 1 atom stereocenters. The minimum absolute atomic E-state index is 0.0783. The highest BCUT2D eigenvalue weighted by Gasteiger charge is 2.30. The number of aliphatic hydroxyl groups excluding tert-OH is 1. The Morgan fingerprint density at radius 2 is 1.94 bits per heavy atom. The topological polar surface area (TPSA) is 65.5 Å². The lowest BCUT2D eigenvalue weighted by atomic mass is 10.00. The van der Waals surface area contributed by atoms with E-state index in [0.717, 1.165) is 38.3 Å². The predicted molar refractivity (Wildman–Crippen MR) is 122 cm³/mol. The Balaban J connectivity index is 1.20. The fourth-order valence-electron chi connectivity index (χ4n) is 4.83. The zero-order chi connectivity index (χ0) is 22.1. The molecule has 0 saturated carbocycles. The van der Waals surface area contributed by atoms with Crippen molar-refractivity contribution in [1.29, 1.82) is 0 Å². The zero-order valence-corrected chi connectivity index (χ0v) is 18.6. The van der Waals surface area contributed by atoms with Crippen LogP contribution >= 0.6 is 0 Å². The lowest BCUT2D eigenvalue weighted by Crippen LogP contribution is -2.51. The number of hydrogen-bond donors (Lipinski definition) is 1. The van der Waals surface area contributed by atoms with Crippen molar-refractivity contribution in [3.63, 3.8) is 0 Å². The maximum Gasteiger partial charge on any atom is 0.257 e. The number of carbonyl (C=O) groups is 1. The number of fused-ring (bicyclic) bond motifs is 2. The zero-order valence-electron chi connectivity index (χ0n) is 18.6. The van der Waals surface area contributed by atoms with Gasteiger partial charge in [0.15, 0.2) is 0 Å². The SMILES string of the molecule is COC1CN(c2ccc3c(c2)OCCN(C[C@H](O)CN2CCc4ccccc4C2)C3=O)C1. The molecule has 2 aromatic carbocycles. The summed E-state index contributed by atoms with van der Waals surface area (Å²) in [6, 6.07) is 14.2. The number of nitrogens with zero attached hydrogens (tertiary/aromatic N) is 3. The van der Waals surface area contributed by atoms with E-state index in [9.17, 15) is 9.90 Å². The summed E-state index contributed by atoms with van der Waals surface area (Å²) in [5, 5.41) is 10.8. The van der Waals surface area contributed by atoms with Gasteiger partial charge in [0.2, 0.25) is 0 Å². The Kier molecular flexibility index (Phi) is 6.04. The van der Waals surface area contributed by atoms with Gasteiger partial charge in [0.05, 0.1) is 24.3 Å². The summed E-state index contributed by atoms with van der Waals surface area (Å²) < 4.78 is 11.3. The number of hydrogen-bond acceptors (Lipinski definition) is 6. The molecule has 0 aromatic heterocycles. The number of β-amino-alcohol motifs (C(OH)–C–C–N with tert-alkyl or cyclic N) is 1. The second-order valence-corrected chi connectivity index (χ2v) is 8.95. The molecule has 0 unspecified atom stereocenters. The van der Waals surface area contributed by atoms with Crippen LogP contribution in [0.3, 0.4) is 0 Å². The number of benzene rings is 2. The molecule has 1 amide bonds. The summed E-state index contributed by atoms with van der Waals surface area (Å²) in [7, 11) is 1.73. The Morgan fingerprint density at radius 3 is 2.75 bits per heavy atom. The molecular weight excluding hydrogens is 406 g/mol. The monoisotopic (exact) mass is 437 g/mol. The molecule has 1 saturated heterocycles. The molecule has 0 bridgehead atoms. The molecule has 32 heavy (non-hydrogen) atoms. The van der Waals surface area contributed by atoms with Crippen LogP contribution in [-0.2, 0) is 17.7 Å². The fourth-order valence-corrected chi connectivity index (χ4v) is 4.83. The Bertz CT molecular complexity index is 975. The molecule has 0 aliphatic carbocycles. The van der Waals surface area contributed by atoms with Gasteiger partial charge in [0.1, 0.15) is 12.4 Å². The average Bonchev–Trinajstić information content (AvgIpc) is 2.91. The first-order chi connectivity index (χ1) is 15.6. The Labute approximate surface area is 189 Å². The summed E-state index contributed by atoms with van der Waals surface area (Å²) in [6.07, 6.45) is 0.663. The summed E-state index contributed by atoms with van der Waals surface area (Å²) in [5.41, 5.74) is 4.33. The quantitative estimate of drug-likeness (QED) is 0.743. The number of rotatable bonds is 6. The van der Waals surface area contributed by atoms with E-state index in [0.29, 0.717) is 37.6 Å². The van der Waals surface area contributed by atoms with E-state index in [4.69, 9.17) is 9.47 Å². The van der Waals surface area contributed by atoms with Crippen LogP contribution in [0.5, 0.6) is 5.75 Å². The third-order valence-electron chi connectivity index (χ3n) is 6.76. The molecule has 5 rings (SSSR count). The minimum atomic E-state index is -0.600. The largest absolute Gasteiger partial charge is 0.491 e. The first-order valence-electron chi connectivity index (χ1n) is 11.4. The van der Waals surface area contributed by atoms with Gasteiger partial charge in [-0.25, -0.2) is 0 Å². The third-order valence-corrected chi connectivity index (χ3v) is 6.76. The fraction of sp³-hybridized carbons (Fsp3) is 0.480.